The van der Waals surface area contributed by atoms with Crippen LogP contribution in [0.5, 0.6) is 0 Å². The molecule has 0 aromatic heterocycles. The predicted octanol–water partition coefficient (Wildman–Crippen LogP) is -0.160. The molecule has 2 nitrogen and oxygen atoms in total. The fraction of sp³-hybridized carbons (Fsp3) is 0.750. The maximum absolute atomic E-state index is 10.4. The van der Waals surface area contributed by atoms with Crippen LogP contribution in [0, 0.1) is 0 Å². The molecular weight excluding hydrogens is 120 g/mol. The van der Waals surface area contributed by atoms with Crippen molar-refractivity contribution in [2.75, 3.05) is 0 Å². The lowest BCUT2D eigenvalue weighted by Crippen LogP contribution is -2.29. The molecule has 2 radical (unpaired) electrons. The molecule has 8 heavy (non-hydrogen) atoms. The van der Waals surface area contributed by atoms with Crippen molar-refractivity contribution in [3.05, 3.63) is 0 Å². The summed E-state index contributed by atoms with van der Waals surface area (Å²) in [4.78, 5) is 10.4. The molecule has 1 amide bonds. The summed E-state index contributed by atoms with van der Waals surface area (Å²) in [5, 5.41) is 2.49. The summed E-state index contributed by atoms with van der Waals surface area (Å²) >= 11 is 0. The van der Waals surface area contributed by atoms with Crippen molar-refractivity contribution in [3.8, 4) is 0 Å². The molecule has 2 unspecified atom stereocenters. The molecule has 0 saturated heterocycles. The van der Waals surface area contributed by atoms with Crippen LogP contribution in [-0.4, -0.2) is 19.4 Å². The van der Waals surface area contributed by atoms with Crippen molar-refractivity contribution in [2.45, 2.75) is 19.0 Å². The number of hydrogen-bond acceptors (Lipinski definition) is 1. The molecule has 0 fully saturated rings. The van der Waals surface area contributed by atoms with Crippen LogP contribution in [0.2, 0.25) is 0 Å². The van der Waals surface area contributed by atoms with Crippen LogP contribution in [0.3, 0.4) is 0 Å². The van der Waals surface area contributed by atoms with Crippen LogP contribution in [0.4, 0.5) is 0 Å². The first-order chi connectivity index (χ1) is 3.66. The smallest absolute Gasteiger partial charge is 0.219 e. The second-order valence-electron chi connectivity index (χ2n) is 1.45. The molecule has 0 aliphatic heterocycles. The standard InChI is InChI=1S/C4H9BNOP/c1-2-3(7)6-4(5)8/h4H,2,8H2,1H3,(H,6,7). The van der Waals surface area contributed by atoms with Gasteiger partial charge in [-0.25, -0.2) is 0 Å². The van der Waals surface area contributed by atoms with Crippen LogP contribution >= 0.6 is 9.24 Å². The van der Waals surface area contributed by atoms with Gasteiger partial charge in [0.25, 0.3) is 0 Å². The van der Waals surface area contributed by atoms with Gasteiger partial charge in [-0.3, -0.25) is 4.79 Å². The van der Waals surface area contributed by atoms with E-state index >= 15 is 0 Å². The molecule has 0 aromatic carbocycles. The van der Waals surface area contributed by atoms with Gasteiger partial charge in [0.05, 0.1) is 0 Å². The van der Waals surface area contributed by atoms with Gasteiger partial charge in [-0.1, -0.05) is 6.92 Å². The van der Waals surface area contributed by atoms with Crippen LogP contribution < -0.4 is 5.32 Å². The van der Waals surface area contributed by atoms with Crippen molar-refractivity contribution in [1.29, 1.82) is 0 Å². The number of rotatable bonds is 2. The Balaban J connectivity index is 3.25. The number of carbonyl (C=O) groups is 1. The number of nitrogens with one attached hydrogen (secondary N) is 1. The zero-order valence-corrected chi connectivity index (χ0v) is 6.00. The van der Waals surface area contributed by atoms with Gasteiger partial charge in [0.1, 0.15) is 7.85 Å². The minimum absolute atomic E-state index is 0.0208. The summed E-state index contributed by atoms with van der Waals surface area (Å²) in [5.74, 6) is -0.0208. The topological polar surface area (TPSA) is 29.1 Å². The lowest BCUT2D eigenvalue weighted by Gasteiger charge is -2.04. The largest absolute Gasteiger partial charge is 0.359 e. The number of hydrogen-bond donors (Lipinski definition) is 1. The molecule has 4 heteroatoms. The minimum atomic E-state index is -0.303. The van der Waals surface area contributed by atoms with Gasteiger partial charge in [0.15, 0.2) is 0 Å². The van der Waals surface area contributed by atoms with Crippen molar-refractivity contribution in [2.24, 2.45) is 0 Å². The Morgan fingerprint density at radius 1 is 2.00 bits per heavy atom. The predicted molar refractivity (Wildman–Crippen MR) is 37.7 cm³/mol. The minimum Gasteiger partial charge on any atom is -0.359 e. The SMILES string of the molecule is [B]C(P)NC(=O)CC. The number of carbonyl (C=O) groups excluding carboxylic acids is 1. The van der Waals surface area contributed by atoms with Gasteiger partial charge >= 0.3 is 0 Å². The van der Waals surface area contributed by atoms with Gasteiger partial charge in [0.2, 0.25) is 5.91 Å². The average molecular weight is 129 g/mol. The van der Waals surface area contributed by atoms with E-state index in [4.69, 9.17) is 7.85 Å². The van der Waals surface area contributed by atoms with E-state index in [0.29, 0.717) is 6.42 Å². The second-order valence-corrected chi connectivity index (χ2v) is 2.17. The third kappa shape index (κ3) is 4.13. The van der Waals surface area contributed by atoms with Crippen molar-refractivity contribution in [1.82, 2.24) is 5.32 Å². The summed E-state index contributed by atoms with van der Waals surface area (Å²) in [7, 11) is 7.48. The zero-order valence-electron chi connectivity index (χ0n) is 4.85. The number of amides is 1. The Morgan fingerprint density at radius 3 is 2.62 bits per heavy atom. The Morgan fingerprint density at radius 2 is 2.50 bits per heavy atom. The highest BCUT2D eigenvalue weighted by Crippen LogP contribution is 1.87. The molecule has 0 aliphatic rings. The van der Waals surface area contributed by atoms with Crippen LogP contribution in [0.25, 0.3) is 0 Å². The van der Waals surface area contributed by atoms with Crippen LogP contribution in [0.1, 0.15) is 13.3 Å². The van der Waals surface area contributed by atoms with Gasteiger partial charge in [0, 0.05) is 12.1 Å². The van der Waals surface area contributed by atoms with E-state index in [9.17, 15) is 4.79 Å². The Bertz CT molecular complexity index is 86.1. The Labute approximate surface area is 53.0 Å². The fourth-order valence-electron chi connectivity index (χ4n) is 0.288. The maximum Gasteiger partial charge on any atom is 0.219 e. The zero-order chi connectivity index (χ0) is 6.57. The third-order valence-corrected chi connectivity index (χ3v) is 0.815. The Hall–Kier alpha value is -0.0351. The average Bonchev–Trinajstić information content (AvgIpc) is 1.65. The molecule has 2 atom stereocenters. The summed E-state index contributed by atoms with van der Waals surface area (Å²) in [5.41, 5.74) is -0.303. The van der Waals surface area contributed by atoms with E-state index < -0.39 is 0 Å². The highest BCUT2D eigenvalue weighted by molar-refractivity contribution is 7.20. The molecular formula is C4H9BNOP. The Kier molecular flexibility index (Phi) is 3.89. The first kappa shape index (κ1) is 7.96. The highest BCUT2D eigenvalue weighted by Gasteiger charge is 1.96. The highest BCUT2D eigenvalue weighted by atomic mass is 31.0. The third-order valence-electron chi connectivity index (χ3n) is 0.649. The molecule has 0 saturated carbocycles. The molecule has 0 heterocycles. The molecule has 0 aliphatic carbocycles. The first-order valence-electron chi connectivity index (χ1n) is 2.47. The molecule has 0 spiro atoms. The van der Waals surface area contributed by atoms with Crippen molar-refractivity contribution < 1.29 is 4.79 Å². The molecule has 0 aromatic rings. The van der Waals surface area contributed by atoms with Gasteiger partial charge in [-0.15, -0.1) is 9.24 Å². The van der Waals surface area contributed by atoms with Gasteiger partial charge in [-0.2, -0.15) is 0 Å². The maximum atomic E-state index is 10.4. The van der Waals surface area contributed by atoms with Gasteiger partial charge in [-0.05, 0) is 0 Å². The van der Waals surface area contributed by atoms with E-state index in [1.165, 1.54) is 0 Å². The molecule has 0 bridgehead atoms. The summed E-state index contributed by atoms with van der Waals surface area (Å²) in [6.07, 6.45) is 0.488. The normalized spacial score (nSPS) is 12.8. The lowest BCUT2D eigenvalue weighted by atomic mass is 10.1. The first-order valence-corrected chi connectivity index (χ1v) is 3.14. The summed E-state index contributed by atoms with van der Waals surface area (Å²) in [6.45, 7) is 1.78. The van der Waals surface area contributed by atoms with E-state index in [1.54, 1.807) is 6.92 Å². The van der Waals surface area contributed by atoms with E-state index in [-0.39, 0.29) is 11.6 Å². The van der Waals surface area contributed by atoms with Crippen LogP contribution in [0.15, 0.2) is 0 Å². The van der Waals surface area contributed by atoms with E-state index in [1.807, 2.05) is 0 Å². The fourth-order valence-corrected chi connectivity index (χ4v) is 0.474. The molecule has 0 rings (SSSR count). The molecule has 1 N–H and O–H groups in total. The summed E-state index contributed by atoms with van der Waals surface area (Å²) < 4.78 is 0. The monoisotopic (exact) mass is 129 g/mol. The lowest BCUT2D eigenvalue weighted by molar-refractivity contribution is -0.120. The van der Waals surface area contributed by atoms with Crippen LogP contribution in [-0.2, 0) is 4.79 Å². The van der Waals surface area contributed by atoms with Crippen molar-refractivity contribution >= 4 is 23.0 Å². The van der Waals surface area contributed by atoms with Crippen molar-refractivity contribution in [3.63, 3.8) is 0 Å². The second kappa shape index (κ2) is 3.91. The van der Waals surface area contributed by atoms with E-state index in [0.717, 1.165) is 0 Å². The quantitative estimate of drug-likeness (QED) is 0.407. The van der Waals surface area contributed by atoms with Gasteiger partial charge < -0.3 is 5.32 Å². The molecule has 44 valence electrons. The summed E-state index contributed by atoms with van der Waals surface area (Å²) in [6, 6.07) is 0. The van der Waals surface area contributed by atoms with E-state index in [2.05, 4.69) is 14.6 Å².